The molecule has 0 spiro atoms. The second-order valence-electron chi connectivity index (χ2n) is 2.88. The first-order valence-electron chi connectivity index (χ1n) is 2.68. The molecule has 2 N–H and O–H groups in total. The van der Waals surface area contributed by atoms with Gasteiger partial charge in [-0.25, -0.2) is 5.90 Å². The Kier molecular flexibility index (Phi) is 6.61. The van der Waals surface area contributed by atoms with Crippen LogP contribution in [-0.2, 0) is 4.84 Å². The first kappa shape index (κ1) is 11.9. The van der Waals surface area contributed by atoms with Crippen molar-refractivity contribution < 1.29 is 9.32 Å². The van der Waals surface area contributed by atoms with Crippen molar-refractivity contribution in [1.29, 1.82) is 0 Å². The lowest BCUT2D eigenvalue weighted by Crippen LogP contribution is -2.38. The maximum Gasteiger partial charge on any atom is 0.117 e. The molecule has 0 aromatic rings. The Morgan fingerprint density at radius 3 is 1.89 bits per heavy atom. The summed E-state index contributed by atoms with van der Waals surface area (Å²) in [6, 6.07) is 0. The number of hydrogen-bond donors (Lipinski definition) is 1. The quantitative estimate of drug-likeness (QED) is 0.460. The minimum atomic E-state index is 0. The van der Waals surface area contributed by atoms with E-state index >= 15 is 0 Å². The molecular weight excluding hydrogens is 140 g/mol. The smallest absolute Gasteiger partial charge is 0.117 e. The Labute approximate surface area is 62.7 Å². The monoisotopic (exact) mass is 155 g/mol. The molecule has 0 aliphatic rings. The van der Waals surface area contributed by atoms with Crippen LogP contribution in [0.15, 0.2) is 0 Å². The van der Waals surface area contributed by atoms with E-state index in [1.807, 2.05) is 0 Å². The van der Waals surface area contributed by atoms with Gasteiger partial charge in [-0.05, 0) is 0 Å². The van der Waals surface area contributed by atoms with Gasteiger partial charge in [0.25, 0.3) is 0 Å². The van der Waals surface area contributed by atoms with Crippen LogP contribution in [-0.4, -0.2) is 38.8 Å². The molecule has 0 heterocycles. The Morgan fingerprint density at radius 2 is 1.78 bits per heavy atom. The fourth-order valence-electron chi connectivity index (χ4n) is 0.327. The molecule has 0 saturated heterocycles. The minimum absolute atomic E-state index is 0. The molecule has 0 radical (unpaired) electrons. The molecule has 0 aromatic heterocycles. The molecule has 0 rings (SSSR count). The van der Waals surface area contributed by atoms with Crippen molar-refractivity contribution >= 4 is 12.4 Å². The molecule has 0 amide bonds. The van der Waals surface area contributed by atoms with Gasteiger partial charge in [-0.2, -0.15) is 0 Å². The van der Waals surface area contributed by atoms with Crippen molar-refractivity contribution in [2.45, 2.75) is 0 Å². The second-order valence-corrected chi connectivity index (χ2v) is 2.88. The molecule has 3 nitrogen and oxygen atoms in total. The van der Waals surface area contributed by atoms with Crippen molar-refractivity contribution in [2.75, 3.05) is 34.3 Å². The van der Waals surface area contributed by atoms with Crippen molar-refractivity contribution in [2.24, 2.45) is 5.90 Å². The zero-order valence-electron chi connectivity index (χ0n) is 6.26. The third-order valence-corrected chi connectivity index (χ3v) is 0.880. The summed E-state index contributed by atoms with van der Waals surface area (Å²) >= 11 is 0. The number of nitrogens with zero attached hydrogens (tertiary/aromatic N) is 1. The maximum atomic E-state index is 4.83. The summed E-state index contributed by atoms with van der Waals surface area (Å²) in [5.74, 6) is 4.83. The molecule has 9 heavy (non-hydrogen) atoms. The highest BCUT2D eigenvalue weighted by Gasteiger charge is 2.03. The summed E-state index contributed by atoms with van der Waals surface area (Å²) in [6.07, 6.45) is 0. The molecule has 0 aliphatic carbocycles. The van der Waals surface area contributed by atoms with Crippen LogP contribution in [0.3, 0.4) is 0 Å². The van der Waals surface area contributed by atoms with Crippen LogP contribution in [0.5, 0.6) is 0 Å². The Bertz CT molecular complexity index is 62.5. The van der Waals surface area contributed by atoms with E-state index < -0.39 is 0 Å². The highest BCUT2D eigenvalue weighted by atomic mass is 35.5. The van der Waals surface area contributed by atoms with Gasteiger partial charge < -0.3 is 4.48 Å². The largest absolute Gasteiger partial charge is 0.329 e. The molecule has 0 saturated carbocycles. The van der Waals surface area contributed by atoms with Crippen LogP contribution in [0.25, 0.3) is 0 Å². The van der Waals surface area contributed by atoms with Gasteiger partial charge in [-0.3, -0.25) is 4.84 Å². The highest BCUT2D eigenvalue weighted by molar-refractivity contribution is 5.85. The zero-order chi connectivity index (χ0) is 6.62. The van der Waals surface area contributed by atoms with Gasteiger partial charge in [0.05, 0.1) is 21.1 Å². The maximum absolute atomic E-state index is 4.83. The van der Waals surface area contributed by atoms with Gasteiger partial charge in [0.15, 0.2) is 0 Å². The van der Waals surface area contributed by atoms with E-state index in [-0.39, 0.29) is 12.4 Å². The number of rotatable bonds is 3. The zero-order valence-corrected chi connectivity index (χ0v) is 7.07. The Morgan fingerprint density at radius 1 is 1.33 bits per heavy atom. The SMILES string of the molecule is C[N+](C)(C)CCON.Cl. The van der Waals surface area contributed by atoms with Gasteiger partial charge in [-0.15, -0.1) is 12.4 Å². The Balaban J connectivity index is 0. The number of likely N-dealkylation sites (N-methyl/N-ethyl adjacent to an activating group) is 1. The third-order valence-electron chi connectivity index (χ3n) is 0.880. The lowest BCUT2D eigenvalue weighted by Gasteiger charge is -2.22. The fourth-order valence-corrected chi connectivity index (χ4v) is 0.327. The number of nitrogens with two attached hydrogens (primary N) is 1. The molecule has 0 unspecified atom stereocenters. The third kappa shape index (κ3) is 11.6. The minimum Gasteiger partial charge on any atom is -0.329 e. The molecule has 0 bridgehead atoms. The van der Waals surface area contributed by atoms with Crippen molar-refractivity contribution in [3.63, 3.8) is 0 Å². The highest BCUT2D eigenvalue weighted by Crippen LogP contribution is 1.86. The van der Waals surface area contributed by atoms with Crippen LogP contribution in [0, 0.1) is 0 Å². The van der Waals surface area contributed by atoms with Crippen LogP contribution >= 0.6 is 12.4 Å². The molecule has 4 heteroatoms. The molecule has 0 atom stereocenters. The van der Waals surface area contributed by atoms with Crippen molar-refractivity contribution in [3.8, 4) is 0 Å². The topological polar surface area (TPSA) is 35.2 Å². The summed E-state index contributed by atoms with van der Waals surface area (Å²) in [6.45, 7) is 1.58. The van der Waals surface area contributed by atoms with Crippen LogP contribution in [0.1, 0.15) is 0 Å². The summed E-state index contributed by atoms with van der Waals surface area (Å²) < 4.78 is 0.900. The van der Waals surface area contributed by atoms with Crippen LogP contribution in [0.2, 0.25) is 0 Å². The lowest BCUT2D eigenvalue weighted by atomic mass is 10.5. The molecule has 0 aromatic carbocycles. The predicted molar refractivity (Wildman–Crippen MR) is 40.3 cm³/mol. The standard InChI is InChI=1S/C5H15N2O.ClH/c1-7(2,3)4-5-8-6;/h4-6H2,1-3H3;1H/q+1;. The van der Waals surface area contributed by atoms with E-state index in [1.165, 1.54) is 0 Å². The van der Waals surface area contributed by atoms with E-state index in [4.69, 9.17) is 5.90 Å². The summed E-state index contributed by atoms with van der Waals surface area (Å²) in [4.78, 5) is 4.40. The molecule has 0 fully saturated rings. The summed E-state index contributed by atoms with van der Waals surface area (Å²) in [5, 5.41) is 0. The summed E-state index contributed by atoms with van der Waals surface area (Å²) in [7, 11) is 6.29. The number of hydrogen-bond acceptors (Lipinski definition) is 2. The first-order valence-corrected chi connectivity index (χ1v) is 2.68. The average molecular weight is 156 g/mol. The van der Waals surface area contributed by atoms with Crippen molar-refractivity contribution in [1.82, 2.24) is 0 Å². The van der Waals surface area contributed by atoms with Gasteiger partial charge in [-0.1, -0.05) is 0 Å². The van der Waals surface area contributed by atoms with E-state index in [1.54, 1.807) is 0 Å². The van der Waals surface area contributed by atoms with E-state index in [0.717, 1.165) is 11.0 Å². The van der Waals surface area contributed by atoms with Gasteiger partial charge >= 0.3 is 0 Å². The van der Waals surface area contributed by atoms with E-state index in [2.05, 4.69) is 26.0 Å². The Hall–Kier alpha value is 0.170. The first-order chi connectivity index (χ1) is 3.56. The van der Waals surface area contributed by atoms with Crippen molar-refractivity contribution in [3.05, 3.63) is 0 Å². The van der Waals surface area contributed by atoms with E-state index in [9.17, 15) is 0 Å². The van der Waals surface area contributed by atoms with Crippen LogP contribution in [0.4, 0.5) is 0 Å². The normalized spacial score (nSPS) is 10.7. The fraction of sp³-hybridized carbons (Fsp3) is 1.00. The molecule has 58 valence electrons. The average Bonchev–Trinajstić information content (AvgIpc) is 1.59. The predicted octanol–water partition coefficient (Wildman–Crippen LogP) is 0.00470. The van der Waals surface area contributed by atoms with E-state index in [0.29, 0.717) is 6.61 Å². The van der Waals surface area contributed by atoms with Gasteiger partial charge in [0.1, 0.15) is 13.2 Å². The second kappa shape index (κ2) is 4.99. The summed E-state index contributed by atoms with van der Waals surface area (Å²) in [5.41, 5.74) is 0. The van der Waals surface area contributed by atoms with Gasteiger partial charge in [0, 0.05) is 0 Å². The van der Waals surface area contributed by atoms with Crippen LogP contribution < -0.4 is 5.90 Å². The molecular formula is C5H16ClN2O+. The lowest BCUT2D eigenvalue weighted by molar-refractivity contribution is -0.870. The number of quaternary nitrogens is 1. The van der Waals surface area contributed by atoms with Gasteiger partial charge in [0.2, 0.25) is 0 Å². The number of halogens is 1. The molecule has 0 aliphatic heterocycles.